The minimum atomic E-state index is -3.74. The van der Waals surface area contributed by atoms with Gasteiger partial charge in [0.2, 0.25) is 15.9 Å². The third kappa shape index (κ3) is 7.27. The summed E-state index contributed by atoms with van der Waals surface area (Å²) >= 11 is 1.59. The number of carbonyl (C=O) groups excluding carboxylic acids is 1. The van der Waals surface area contributed by atoms with Crippen molar-refractivity contribution in [2.45, 2.75) is 43.7 Å². The molecule has 1 fully saturated rings. The summed E-state index contributed by atoms with van der Waals surface area (Å²) in [5.74, 6) is 0.784. The van der Waals surface area contributed by atoms with Gasteiger partial charge in [0.1, 0.15) is 6.04 Å². The molecule has 0 aromatic heterocycles. The maximum atomic E-state index is 12.8. The maximum absolute atomic E-state index is 12.8. The predicted octanol–water partition coefficient (Wildman–Crippen LogP) is 1.93. The zero-order chi connectivity index (χ0) is 19.2. The van der Waals surface area contributed by atoms with Crippen LogP contribution in [0.2, 0.25) is 0 Å². The van der Waals surface area contributed by atoms with Crippen molar-refractivity contribution in [1.82, 2.24) is 15.4 Å². The van der Waals surface area contributed by atoms with E-state index in [0.29, 0.717) is 18.1 Å². The first kappa shape index (κ1) is 24.2. The fourth-order valence-electron chi connectivity index (χ4n) is 2.96. The third-order valence-corrected chi connectivity index (χ3v) is 6.80. The lowest BCUT2D eigenvalue weighted by atomic mass is 9.95. The molecule has 0 bridgehead atoms. The van der Waals surface area contributed by atoms with Crippen molar-refractivity contribution in [1.29, 1.82) is 0 Å². The molecule has 0 radical (unpaired) electrons. The molecule has 1 amide bonds. The van der Waals surface area contributed by atoms with Crippen LogP contribution >= 0.6 is 24.2 Å². The molecule has 27 heavy (non-hydrogen) atoms. The number of aryl methyl sites for hydroxylation is 1. The zero-order valence-corrected chi connectivity index (χ0v) is 18.5. The van der Waals surface area contributed by atoms with E-state index in [1.54, 1.807) is 36.0 Å². The SMILES string of the molecule is CSCCC(NS(=O)(=O)c1ccc(C)cc1)C(=O)NC1CCNCC1C.Cl. The molecule has 1 aromatic rings. The van der Waals surface area contributed by atoms with Crippen LogP contribution in [0.4, 0.5) is 0 Å². The first-order chi connectivity index (χ1) is 12.3. The number of benzene rings is 1. The van der Waals surface area contributed by atoms with E-state index >= 15 is 0 Å². The summed E-state index contributed by atoms with van der Waals surface area (Å²) in [7, 11) is -3.74. The second kappa shape index (κ2) is 11.3. The molecule has 0 saturated carbocycles. The summed E-state index contributed by atoms with van der Waals surface area (Å²) in [5.41, 5.74) is 0.987. The van der Waals surface area contributed by atoms with Crippen LogP contribution in [-0.2, 0) is 14.8 Å². The number of halogens is 1. The van der Waals surface area contributed by atoms with Gasteiger partial charge < -0.3 is 10.6 Å². The van der Waals surface area contributed by atoms with E-state index in [1.807, 2.05) is 13.2 Å². The largest absolute Gasteiger partial charge is 0.352 e. The molecule has 1 aliphatic rings. The number of hydrogen-bond acceptors (Lipinski definition) is 5. The number of nitrogens with one attached hydrogen (secondary N) is 3. The van der Waals surface area contributed by atoms with Crippen molar-refractivity contribution in [2.75, 3.05) is 25.1 Å². The van der Waals surface area contributed by atoms with Gasteiger partial charge in [-0.3, -0.25) is 4.79 Å². The van der Waals surface area contributed by atoms with E-state index in [9.17, 15) is 13.2 Å². The van der Waals surface area contributed by atoms with Crippen LogP contribution in [0.5, 0.6) is 0 Å². The minimum absolute atomic E-state index is 0. The second-order valence-electron chi connectivity index (χ2n) is 6.85. The van der Waals surface area contributed by atoms with Gasteiger partial charge in [-0.25, -0.2) is 8.42 Å². The number of thioether (sulfide) groups is 1. The van der Waals surface area contributed by atoms with Crippen molar-refractivity contribution >= 4 is 40.1 Å². The highest BCUT2D eigenvalue weighted by molar-refractivity contribution is 7.98. The number of rotatable bonds is 8. The van der Waals surface area contributed by atoms with Crippen molar-refractivity contribution in [2.24, 2.45) is 5.92 Å². The fourth-order valence-corrected chi connectivity index (χ4v) is 4.67. The van der Waals surface area contributed by atoms with Crippen LogP contribution < -0.4 is 15.4 Å². The van der Waals surface area contributed by atoms with Crippen molar-refractivity contribution in [3.8, 4) is 0 Å². The van der Waals surface area contributed by atoms with Crippen LogP contribution in [-0.4, -0.2) is 51.5 Å². The molecular weight excluding hydrogens is 406 g/mol. The van der Waals surface area contributed by atoms with E-state index < -0.39 is 16.1 Å². The van der Waals surface area contributed by atoms with Gasteiger partial charge in [-0.05, 0) is 62.9 Å². The van der Waals surface area contributed by atoms with Crippen LogP contribution in [0, 0.1) is 12.8 Å². The quantitative estimate of drug-likeness (QED) is 0.580. The Hall–Kier alpha value is -0.800. The Morgan fingerprint density at radius 3 is 2.59 bits per heavy atom. The van der Waals surface area contributed by atoms with Gasteiger partial charge >= 0.3 is 0 Å². The lowest BCUT2D eigenvalue weighted by Crippen LogP contribution is -2.54. The van der Waals surface area contributed by atoms with Gasteiger partial charge in [0.05, 0.1) is 4.90 Å². The van der Waals surface area contributed by atoms with Gasteiger partial charge in [0.25, 0.3) is 0 Å². The zero-order valence-electron chi connectivity index (χ0n) is 16.0. The average molecular weight is 436 g/mol. The lowest BCUT2D eigenvalue weighted by molar-refractivity contribution is -0.124. The first-order valence-corrected chi connectivity index (χ1v) is 11.8. The molecular formula is C18H30ClN3O3S2. The standard InChI is InChI=1S/C18H29N3O3S2.ClH/c1-13-4-6-15(7-5-13)26(23,24)21-17(9-11-25-3)18(22)20-16-8-10-19-12-14(16)2;/h4-7,14,16-17,19,21H,8-12H2,1-3H3,(H,20,22);1H. The molecule has 0 spiro atoms. The summed E-state index contributed by atoms with van der Waals surface area (Å²) in [6.45, 7) is 5.71. The van der Waals surface area contributed by atoms with Crippen molar-refractivity contribution < 1.29 is 13.2 Å². The van der Waals surface area contributed by atoms with Gasteiger partial charge in [-0.15, -0.1) is 12.4 Å². The Morgan fingerprint density at radius 1 is 1.33 bits per heavy atom. The number of piperidine rings is 1. The Labute approximate surface area is 173 Å². The first-order valence-electron chi connectivity index (χ1n) is 8.92. The Balaban J connectivity index is 0.00000364. The molecule has 1 heterocycles. The highest BCUT2D eigenvalue weighted by Gasteiger charge is 2.29. The molecule has 9 heteroatoms. The molecule has 1 aliphatic heterocycles. The highest BCUT2D eigenvalue weighted by atomic mass is 35.5. The van der Waals surface area contributed by atoms with Gasteiger partial charge in [0.15, 0.2) is 0 Å². The van der Waals surface area contributed by atoms with E-state index in [0.717, 1.165) is 25.1 Å². The van der Waals surface area contributed by atoms with Crippen LogP contribution in [0.25, 0.3) is 0 Å². The molecule has 154 valence electrons. The molecule has 3 N–H and O–H groups in total. The summed E-state index contributed by atoms with van der Waals surface area (Å²) in [6, 6.07) is 5.94. The smallest absolute Gasteiger partial charge is 0.241 e. The van der Waals surface area contributed by atoms with Crippen molar-refractivity contribution in [3.05, 3.63) is 29.8 Å². The fraction of sp³-hybridized carbons (Fsp3) is 0.611. The van der Waals surface area contributed by atoms with Crippen molar-refractivity contribution in [3.63, 3.8) is 0 Å². The summed E-state index contributed by atoms with van der Waals surface area (Å²) in [5, 5.41) is 6.35. The monoisotopic (exact) mass is 435 g/mol. The number of amides is 1. The second-order valence-corrected chi connectivity index (χ2v) is 9.55. The predicted molar refractivity (Wildman–Crippen MR) is 114 cm³/mol. The molecule has 2 rings (SSSR count). The molecule has 3 atom stereocenters. The minimum Gasteiger partial charge on any atom is -0.352 e. The normalized spacial score (nSPS) is 21.1. The summed E-state index contributed by atoms with van der Waals surface area (Å²) < 4.78 is 27.9. The Bertz CT molecular complexity index is 698. The van der Waals surface area contributed by atoms with Gasteiger partial charge in [-0.2, -0.15) is 16.5 Å². The van der Waals surface area contributed by atoms with Gasteiger partial charge in [-0.1, -0.05) is 24.6 Å². The van der Waals surface area contributed by atoms with E-state index in [4.69, 9.17) is 0 Å². The maximum Gasteiger partial charge on any atom is 0.241 e. The van der Waals surface area contributed by atoms with Crippen LogP contribution in [0.3, 0.4) is 0 Å². The Morgan fingerprint density at radius 2 is 2.00 bits per heavy atom. The molecule has 6 nitrogen and oxygen atoms in total. The Kier molecular flexibility index (Phi) is 10.1. The van der Waals surface area contributed by atoms with E-state index in [-0.39, 0.29) is 29.3 Å². The number of hydrogen-bond donors (Lipinski definition) is 3. The number of carbonyl (C=O) groups is 1. The topological polar surface area (TPSA) is 87.3 Å². The number of sulfonamides is 1. The van der Waals surface area contributed by atoms with E-state index in [1.165, 1.54) is 0 Å². The van der Waals surface area contributed by atoms with Crippen LogP contribution in [0.15, 0.2) is 29.2 Å². The molecule has 3 unspecified atom stereocenters. The highest BCUT2D eigenvalue weighted by Crippen LogP contribution is 2.14. The third-order valence-electron chi connectivity index (χ3n) is 4.67. The van der Waals surface area contributed by atoms with Gasteiger partial charge in [0, 0.05) is 6.04 Å². The average Bonchev–Trinajstić information content (AvgIpc) is 2.60. The molecule has 1 saturated heterocycles. The van der Waals surface area contributed by atoms with E-state index in [2.05, 4.69) is 22.3 Å². The van der Waals surface area contributed by atoms with Crippen LogP contribution in [0.1, 0.15) is 25.3 Å². The molecule has 0 aliphatic carbocycles. The summed E-state index contributed by atoms with van der Waals surface area (Å²) in [6.07, 6.45) is 3.25. The lowest BCUT2D eigenvalue weighted by Gasteiger charge is -2.31. The summed E-state index contributed by atoms with van der Waals surface area (Å²) in [4.78, 5) is 12.9. The molecule has 1 aromatic carbocycles.